The van der Waals surface area contributed by atoms with Gasteiger partial charge in [0.1, 0.15) is 6.61 Å². The van der Waals surface area contributed by atoms with Gasteiger partial charge in [0.05, 0.1) is 6.61 Å². The van der Waals surface area contributed by atoms with E-state index in [2.05, 4.69) is 136 Å². The van der Waals surface area contributed by atoms with Crippen LogP contribution in [0.4, 0.5) is 0 Å². The molecular formula is C59H96O5. The van der Waals surface area contributed by atoms with Crippen molar-refractivity contribution in [3.63, 3.8) is 0 Å². The van der Waals surface area contributed by atoms with E-state index >= 15 is 0 Å². The third-order valence-corrected chi connectivity index (χ3v) is 10.5. The van der Waals surface area contributed by atoms with E-state index in [-0.39, 0.29) is 31.6 Å². The first-order chi connectivity index (χ1) is 31.6. The van der Waals surface area contributed by atoms with Crippen molar-refractivity contribution in [1.82, 2.24) is 0 Å². The van der Waals surface area contributed by atoms with Crippen molar-refractivity contribution in [2.24, 2.45) is 0 Å². The standard InChI is InChI=1S/C59H96O5/c1-4-7-10-13-16-19-22-25-27-29-31-33-36-39-42-45-48-51-54-62-55-57(64-59(61)53-50-47-44-41-38-34-24-21-18-15-12-9-6-3)56-63-58(60)52-49-46-43-40-37-35-32-30-28-26-23-20-17-14-11-8-5-2/h7,9-10,12,16,18-19,21,25-28,31,33-34,38-39,42,44,47,57H,4-6,8,11,13-15,17,20,22-24,29-30,32,35-37,40-41,43,45-46,48-56H2,1-3H3/b10-7-,12-9-,19-16-,21-18-,27-25-,28-26-,33-31-,38-34-,42-39-,47-44-. The number of ether oxygens (including phenoxy) is 3. The second-order valence-electron chi connectivity index (χ2n) is 16.7. The molecule has 0 saturated carbocycles. The zero-order valence-electron chi connectivity index (χ0n) is 41.5. The molecule has 0 N–H and O–H groups in total. The first-order valence-electron chi connectivity index (χ1n) is 26.1. The summed E-state index contributed by atoms with van der Waals surface area (Å²) in [5.74, 6) is -0.527. The summed E-state index contributed by atoms with van der Waals surface area (Å²) < 4.78 is 17.3. The Kier molecular flexibility index (Phi) is 50.5. The van der Waals surface area contributed by atoms with Gasteiger partial charge in [-0.25, -0.2) is 0 Å². The van der Waals surface area contributed by atoms with Crippen LogP contribution in [0.1, 0.15) is 213 Å². The Balaban J connectivity index is 4.44. The van der Waals surface area contributed by atoms with E-state index in [1.165, 1.54) is 77.0 Å². The van der Waals surface area contributed by atoms with Crippen LogP contribution in [-0.4, -0.2) is 37.9 Å². The zero-order chi connectivity index (χ0) is 46.3. The van der Waals surface area contributed by atoms with Crippen molar-refractivity contribution >= 4 is 11.9 Å². The van der Waals surface area contributed by atoms with Crippen LogP contribution in [-0.2, 0) is 23.8 Å². The van der Waals surface area contributed by atoms with E-state index < -0.39 is 6.10 Å². The molecular weight excluding hydrogens is 789 g/mol. The van der Waals surface area contributed by atoms with E-state index in [9.17, 15) is 9.59 Å². The Hall–Kier alpha value is -3.70. The molecule has 0 spiro atoms. The number of rotatable bonds is 46. The molecule has 0 heterocycles. The largest absolute Gasteiger partial charge is 0.462 e. The molecule has 64 heavy (non-hydrogen) atoms. The molecule has 5 nitrogen and oxygen atoms in total. The summed E-state index contributed by atoms with van der Waals surface area (Å²) in [7, 11) is 0. The molecule has 1 unspecified atom stereocenters. The lowest BCUT2D eigenvalue weighted by molar-refractivity contribution is -0.162. The Morgan fingerprint density at radius 1 is 0.359 bits per heavy atom. The highest BCUT2D eigenvalue weighted by atomic mass is 16.6. The van der Waals surface area contributed by atoms with E-state index in [0.29, 0.717) is 19.4 Å². The fourth-order valence-corrected chi connectivity index (χ4v) is 6.66. The lowest BCUT2D eigenvalue weighted by atomic mass is 10.1. The molecule has 0 aliphatic rings. The van der Waals surface area contributed by atoms with Crippen LogP contribution in [0, 0.1) is 0 Å². The Bertz CT molecular complexity index is 1320. The highest BCUT2D eigenvalue weighted by molar-refractivity contribution is 5.70. The fraction of sp³-hybridized carbons (Fsp3) is 0.627. The molecule has 0 fully saturated rings. The number of allylic oxidation sites excluding steroid dienone is 20. The highest BCUT2D eigenvalue weighted by Gasteiger charge is 2.17. The molecule has 0 aromatic rings. The normalized spacial score (nSPS) is 13.2. The lowest BCUT2D eigenvalue weighted by Gasteiger charge is -2.18. The van der Waals surface area contributed by atoms with Gasteiger partial charge in [-0.05, 0) is 116 Å². The molecule has 1 atom stereocenters. The van der Waals surface area contributed by atoms with E-state index in [1.807, 2.05) is 6.08 Å². The number of hydrogen-bond donors (Lipinski definition) is 0. The van der Waals surface area contributed by atoms with Crippen molar-refractivity contribution in [1.29, 1.82) is 0 Å². The van der Waals surface area contributed by atoms with Gasteiger partial charge in [-0.1, -0.05) is 206 Å². The quantitative estimate of drug-likeness (QED) is 0.0346. The van der Waals surface area contributed by atoms with Gasteiger partial charge in [-0.3, -0.25) is 9.59 Å². The number of hydrogen-bond acceptors (Lipinski definition) is 5. The van der Waals surface area contributed by atoms with Crippen molar-refractivity contribution in [2.75, 3.05) is 19.8 Å². The molecule has 0 rings (SSSR count). The minimum atomic E-state index is -0.606. The predicted molar refractivity (Wildman–Crippen MR) is 279 cm³/mol. The minimum absolute atomic E-state index is 0.0297. The molecule has 0 bridgehead atoms. The average Bonchev–Trinajstić information content (AvgIpc) is 3.30. The van der Waals surface area contributed by atoms with Crippen molar-refractivity contribution < 1.29 is 23.8 Å². The van der Waals surface area contributed by atoms with Crippen molar-refractivity contribution in [2.45, 2.75) is 219 Å². The molecule has 0 aromatic heterocycles. The molecule has 0 saturated heterocycles. The summed E-state index contributed by atoms with van der Waals surface area (Å²) >= 11 is 0. The molecule has 5 heteroatoms. The van der Waals surface area contributed by atoms with Crippen LogP contribution in [0.3, 0.4) is 0 Å². The van der Waals surface area contributed by atoms with Gasteiger partial charge < -0.3 is 14.2 Å². The van der Waals surface area contributed by atoms with Gasteiger partial charge in [0, 0.05) is 19.4 Å². The topological polar surface area (TPSA) is 61.8 Å². The average molecular weight is 885 g/mol. The van der Waals surface area contributed by atoms with Gasteiger partial charge in [0.2, 0.25) is 0 Å². The monoisotopic (exact) mass is 885 g/mol. The zero-order valence-corrected chi connectivity index (χ0v) is 41.5. The second kappa shape index (κ2) is 53.6. The summed E-state index contributed by atoms with van der Waals surface area (Å²) in [6, 6.07) is 0. The molecule has 0 radical (unpaired) electrons. The van der Waals surface area contributed by atoms with E-state index in [4.69, 9.17) is 14.2 Å². The summed E-state index contributed by atoms with van der Waals surface area (Å²) in [5, 5.41) is 0. The van der Waals surface area contributed by atoms with Gasteiger partial charge in [-0.2, -0.15) is 0 Å². The first-order valence-corrected chi connectivity index (χ1v) is 26.1. The Morgan fingerprint density at radius 3 is 1.20 bits per heavy atom. The van der Waals surface area contributed by atoms with Crippen LogP contribution in [0.25, 0.3) is 0 Å². The maximum atomic E-state index is 12.8. The first kappa shape index (κ1) is 60.3. The van der Waals surface area contributed by atoms with Gasteiger partial charge in [0.15, 0.2) is 6.10 Å². The minimum Gasteiger partial charge on any atom is -0.462 e. The lowest BCUT2D eigenvalue weighted by Crippen LogP contribution is -2.30. The third-order valence-electron chi connectivity index (χ3n) is 10.5. The molecule has 0 aliphatic heterocycles. The van der Waals surface area contributed by atoms with Gasteiger partial charge in [-0.15, -0.1) is 0 Å². The fourth-order valence-electron chi connectivity index (χ4n) is 6.66. The van der Waals surface area contributed by atoms with Crippen molar-refractivity contribution in [3.05, 3.63) is 122 Å². The predicted octanol–water partition coefficient (Wildman–Crippen LogP) is 17.8. The van der Waals surface area contributed by atoms with E-state index in [1.54, 1.807) is 0 Å². The summed E-state index contributed by atoms with van der Waals surface area (Å²) in [5.41, 5.74) is 0. The Labute approximate surface area is 395 Å². The summed E-state index contributed by atoms with van der Waals surface area (Å²) in [6.07, 6.45) is 75.2. The molecule has 0 aromatic carbocycles. The van der Waals surface area contributed by atoms with Crippen LogP contribution in [0.2, 0.25) is 0 Å². The summed E-state index contributed by atoms with van der Waals surface area (Å²) in [4.78, 5) is 25.4. The maximum Gasteiger partial charge on any atom is 0.306 e. The van der Waals surface area contributed by atoms with Crippen molar-refractivity contribution in [3.8, 4) is 0 Å². The maximum absolute atomic E-state index is 12.8. The number of carbonyl (C=O) groups is 2. The molecule has 0 amide bonds. The van der Waals surface area contributed by atoms with Crippen LogP contribution < -0.4 is 0 Å². The highest BCUT2D eigenvalue weighted by Crippen LogP contribution is 2.12. The van der Waals surface area contributed by atoms with Crippen LogP contribution in [0.15, 0.2) is 122 Å². The second-order valence-corrected chi connectivity index (χ2v) is 16.7. The molecule has 362 valence electrons. The van der Waals surface area contributed by atoms with E-state index in [0.717, 1.165) is 96.3 Å². The number of esters is 2. The molecule has 0 aliphatic carbocycles. The smallest absolute Gasteiger partial charge is 0.306 e. The number of unbranched alkanes of at least 4 members (excludes halogenated alkanes) is 15. The van der Waals surface area contributed by atoms with Gasteiger partial charge in [0.25, 0.3) is 0 Å². The van der Waals surface area contributed by atoms with Gasteiger partial charge >= 0.3 is 11.9 Å². The van der Waals surface area contributed by atoms with Crippen LogP contribution in [0.5, 0.6) is 0 Å². The van der Waals surface area contributed by atoms with Crippen LogP contribution >= 0.6 is 0 Å². The summed E-state index contributed by atoms with van der Waals surface area (Å²) in [6.45, 7) is 7.40. The third kappa shape index (κ3) is 50.9. The SMILES string of the molecule is CC/C=C\C/C=C\C/C=C\C/C=C\C/C=C\CCCCOCC(COC(=O)CCCCCCCCC/C=C\CCCCCCCC)OC(=O)CC/C=C\C/C=C\C/C=C\C/C=C\CC. The Morgan fingerprint density at radius 2 is 0.734 bits per heavy atom. The number of carbonyl (C=O) groups excluding carboxylic acids is 2.